The molecule has 10 nitrogen and oxygen atoms in total. The normalized spacial score (nSPS) is 19.8. The highest BCUT2D eigenvalue weighted by molar-refractivity contribution is 7.89. The minimum Gasteiger partial charge on any atom is -0.491 e. The Hall–Kier alpha value is -2.58. The molecule has 3 aromatic carbocycles. The number of piperidine rings is 1. The molecule has 0 aliphatic carbocycles. The van der Waals surface area contributed by atoms with Gasteiger partial charge >= 0.3 is 0 Å². The van der Waals surface area contributed by atoms with Gasteiger partial charge in [0.05, 0.1) is 22.0 Å². The van der Waals surface area contributed by atoms with Gasteiger partial charge in [-0.05, 0) is 60.7 Å². The monoisotopic (exact) mass is 645 g/mol. The van der Waals surface area contributed by atoms with E-state index in [4.69, 9.17) is 9.47 Å². The van der Waals surface area contributed by atoms with Crippen molar-refractivity contribution in [2.75, 3.05) is 39.4 Å². The van der Waals surface area contributed by atoms with Gasteiger partial charge in [0.2, 0.25) is 20.0 Å². The van der Waals surface area contributed by atoms with Crippen LogP contribution in [0, 0.1) is 0 Å². The molecular formula is C32H43N3O7S2. The molecule has 3 aromatic rings. The number of benzene rings is 3. The number of rotatable bonds is 14. The Morgan fingerprint density at radius 1 is 0.977 bits per heavy atom. The SMILES string of the molecule is CCCCCNS(=O)(=O)c1cccc(OC[C@@H](O)CNC2COC3(CCN(S(=O)(=O)c4ccc5ccccc5c4)CC3)C2)c1. The molecule has 2 saturated heterocycles. The van der Waals surface area contributed by atoms with Gasteiger partial charge in [0, 0.05) is 38.3 Å². The van der Waals surface area contributed by atoms with Crippen LogP contribution in [0.25, 0.3) is 10.8 Å². The van der Waals surface area contributed by atoms with Crippen molar-refractivity contribution in [3.8, 4) is 5.75 Å². The molecule has 2 fully saturated rings. The van der Waals surface area contributed by atoms with Gasteiger partial charge < -0.3 is 19.9 Å². The third kappa shape index (κ3) is 7.97. The van der Waals surface area contributed by atoms with Crippen molar-refractivity contribution in [1.29, 1.82) is 0 Å². The number of aliphatic hydroxyl groups excluding tert-OH is 1. The second-order valence-electron chi connectivity index (χ2n) is 11.8. The van der Waals surface area contributed by atoms with Crippen molar-refractivity contribution in [2.24, 2.45) is 0 Å². The highest BCUT2D eigenvalue weighted by Gasteiger charge is 2.44. The summed E-state index contributed by atoms with van der Waals surface area (Å²) in [5, 5.41) is 15.8. The van der Waals surface area contributed by atoms with Gasteiger partial charge in [-0.3, -0.25) is 0 Å². The average molecular weight is 646 g/mol. The zero-order valence-corrected chi connectivity index (χ0v) is 26.8. The highest BCUT2D eigenvalue weighted by Crippen LogP contribution is 2.37. The number of aliphatic hydroxyl groups is 1. The number of fused-ring (bicyclic) bond motifs is 1. The first-order valence-electron chi connectivity index (χ1n) is 15.4. The molecular weight excluding hydrogens is 603 g/mol. The maximum absolute atomic E-state index is 13.4. The van der Waals surface area contributed by atoms with E-state index in [1.807, 2.05) is 30.3 Å². The first-order chi connectivity index (χ1) is 21.1. The molecule has 1 spiro atoms. The molecule has 0 amide bonds. The Morgan fingerprint density at radius 2 is 1.75 bits per heavy atom. The van der Waals surface area contributed by atoms with Crippen LogP contribution >= 0.6 is 0 Å². The van der Waals surface area contributed by atoms with Crippen molar-refractivity contribution in [2.45, 2.75) is 73.0 Å². The molecule has 0 saturated carbocycles. The minimum absolute atomic E-state index is 0.000735. The number of hydrogen-bond acceptors (Lipinski definition) is 8. The van der Waals surface area contributed by atoms with Crippen LogP contribution in [-0.2, 0) is 24.8 Å². The summed E-state index contributed by atoms with van der Waals surface area (Å²) < 4.78 is 68.0. The molecule has 2 heterocycles. The number of nitrogens with one attached hydrogen (secondary N) is 2. The summed E-state index contributed by atoms with van der Waals surface area (Å²) >= 11 is 0. The lowest BCUT2D eigenvalue weighted by atomic mass is 9.88. The Morgan fingerprint density at radius 3 is 2.52 bits per heavy atom. The van der Waals surface area contributed by atoms with Crippen LogP contribution in [0.15, 0.2) is 76.5 Å². The Balaban J connectivity index is 1.06. The smallest absolute Gasteiger partial charge is 0.243 e. The van der Waals surface area contributed by atoms with E-state index in [1.54, 1.807) is 28.6 Å². The summed E-state index contributed by atoms with van der Waals surface area (Å²) in [4.78, 5) is 0.436. The predicted octanol–water partition coefficient (Wildman–Crippen LogP) is 3.65. The fourth-order valence-electron chi connectivity index (χ4n) is 5.88. The molecule has 2 aliphatic rings. The summed E-state index contributed by atoms with van der Waals surface area (Å²) in [7, 11) is -7.23. The van der Waals surface area contributed by atoms with E-state index in [0.29, 0.717) is 49.7 Å². The number of unbranched alkanes of at least 4 members (excludes halogenated alkanes) is 2. The topological polar surface area (TPSA) is 134 Å². The van der Waals surface area contributed by atoms with E-state index >= 15 is 0 Å². The molecule has 3 N–H and O–H groups in total. The van der Waals surface area contributed by atoms with Crippen LogP contribution in [0.1, 0.15) is 45.4 Å². The van der Waals surface area contributed by atoms with Crippen molar-refractivity contribution in [3.05, 3.63) is 66.7 Å². The molecule has 5 rings (SSSR count). The summed E-state index contributed by atoms with van der Waals surface area (Å²) in [5.74, 6) is 0.369. The Labute approximate surface area is 260 Å². The van der Waals surface area contributed by atoms with Crippen LogP contribution < -0.4 is 14.8 Å². The quantitative estimate of drug-likeness (QED) is 0.226. The molecule has 0 bridgehead atoms. The van der Waals surface area contributed by atoms with Crippen molar-refractivity contribution < 1.29 is 31.4 Å². The van der Waals surface area contributed by atoms with Crippen molar-refractivity contribution in [3.63, 3.8) is 0 Å². The summed E-state index contributed by atoms with van der Waals surface area (Å²) in [6, 6.07) is 19.3. The Bertz CT molecular complexity index is 1620. The first kappa shape index (κ1) is 32.8. The largest absolute Gasteiger partial charge is 0.491 e. The van der Waals surface area contributed by atoms with Gasteiger partial charge in [0.1, 0.15) is 18.5 Å². The average Bonchev–Trinajstić information content (AvgIpc) is 3.43. The molecule has 44 heavy (non-hydrogen) atoms. The van der Waals surface area contributed by atoms with Crippen LogP contribution in [-0.4, -0.2) is 83.4 Å². The fraction of sp³-hybridized carbons (Fsp3) is 0.500. The molecule has 240 valence electrons. The van der Waals surface area contributed by atoms with Gasteiger partial charge in [0.25, 0.3) is 0 Å². The lowest BCUT2D eigenvalue weighted by molar-refractivity contribution is -0.0312. The number of ether oxygens (including phenoxy) is 2. The molecule has 12 heteroatoms. The van der Waals surface area contributed by atoms with Crippen LogP contribution in [0.2, 0.25) is 0 Å². The first-order valence-corrected chi connectivity index (χ1v) is 18.3. The minimum atomic E-state index is -3.63. The van der Waals surface area contributed by atoms with Gasteiger partial charge in [-0.2, -0.15) is 4.31 Å². The van der Waals surface area contributed by atoms with Crippen LogP contribution in [0.5, 0.6) is 5.75 Å². The fourth-order valence-corrected chi connectivity index (χ4v) is 8.47. The van der Waals surface area contributed by atoms with Crippen molar-refractivity contribution >= 4 is 30.8 Å². The van der Waals surface area contributed by atoms with Crippen molar-refractivity contribution in [1.82, 2.24) is 14.3 Å². The van der Waals surface area contributed by atoms with Crippen LogP contribution in [0.3, 0.4) is 0 Å². The Kier molecular flexibility index (Phi) is 10.6. The third-order valence-corrected chi connectivity index (χ3v) is 11.8. The molecule has 0 aromatic heterocycles. The number of hydrogen-bond donors (Lipinski definition) is 3. The second kappa shape index (κ2) is 14.2. The lowest BCUT2D eigenvalue weighted by Crippen LogP contribution is -2.47. The van der Waals surface area contributed by atoms with E-state index in [0.717, 1.165) is 36.5 Å². The molecule has 2 aliphatic heterocycles. The summed E-state index contributed by atoms with van der Waals surface area (Å²) in [6.07, 6.45) is 3.89. The van der Waals surface area contributed by atoms with E-state index in [2.05, 4.69) is 17.0 Å². The zero-order valence-electron chi connectivity index (χ0n) is 25.2. The highest BCUT2D eigenvalue weighted by atomic mass is 32.2. The number of sulfonamides is 2. The van der Waals surface area contributed by atoms with E-state index in [1.165, 1.54) is 12.1 Å². The van der Waals surface area contributed by atoms with Crippen LogP contribution in [0.4, 0.5) is 0 Å². The van der Waals surface area contributed by atoms with E-state index in [9.17, 15) is 21.9 Å². The standard InChI is InChI=1S/C32H43N3O7S2/c1-2-3-6-16-34-43(37,38)30-11-7-10-29(20-30)41-24-28(36)22-33-27-21-32(42-23-27)14-17-35(18-15-32)44(39,40)31-13-12-25-8-4-5-9-26(25)19-31/h4-5,7-13,19-20,27-28,33-34,36H,2-3,6,14-18,21-24H2,1H3/t27?,28-/m0/s1. The van der Waals surface area contributed by atoms with E-state index in [-0.39, 0.29) is 29.7 Å². The second-order valence-corrected chi connectivity index (χ2v) is 15.5. The lowest BCUT2D eigenvalue weighted by Gasteiger charge is -2.38. The zero-order chi connectivity index (χ0) is 31.2. The summed E-state index contributed by atoms with van der Waals surface area (Å²) in [5.41, 5.74) is -0.384. The molecule has 1 unspecified atom stereocenters. The van der Waals surface area contributed by atoms with E-state index < -0.39 is 26.2 Å². The molecule has 0 radical (unpaired) electrons. The maximum atomic E-state index is 13.4. The third-order valence-electron chi connectivity index (χ3n) is 8.47. The summed E-state index contributed by atoms with van der Waals surface area (Å²) in [6.45, 7) is 4.00. The van der Waals surface area contributed by atoms with Gasteiger partial charge in [0.15, 0.2) is 0 Å². The molecule has 2 atom stereocenters. The van der Waals surface area contributed by atoms with Gasteiger partial charge in [-0.15, -0.1) is 0 Å². The predicted molar refractivity (Wildman–Crippen MR) is 170 cm³/mol. The van der Waals surface area contributed by atoms with Gasteiger partial charge in [-0.25, -0.2) is 21.6 Å². The maximum Gasteiger partial charge on any atom is 0.243 e. The number of nitrogens with zero attached hydrogens (tertiary/aromatic N) is 1. The van der Waals surface area contributed by atoms with Gasteiger partial charge in [-0.1, -0.05) is 56.2 Å².